The van der Waals surface area contributed by atoms with Crippen molar-refractivity contribution in [2.24, 2.45) is 5.92 Å². The Morgan fingerprint density at radius 2 is 1.29 bits per heavy atom. The molecule has 4 nitrogen and oxygen atoms in total. The highest BCUT2D eigenvalue weighted by atomic mass is 16.7. The van der Waals surface area contributed by atoms with E-state index in [-0.39, 0.29) is 18.3 Å². The van der Waals surface area contributed by atoms with E-state index in [0.717, 1.165) is 58.0 Å². The molecule has 34 heavy (non-hydrogen) atoms. The highest BCUT2D eigenvalue weighted by molar-refractivity contribution is 4.82. The minimum absolute atomic E-state index is 0.0886. The molecular formula is C30H55NO3. The number of unbranched alkanes of at least 4 members (excludes halogenated alkanes) is 8. The Bertz CT molecular complexity index is 468. The summed E-state index contributed by atoms with van der Waals surface area (Å²) in [6, 6.07) is 2.57. The van der Waals surface area contributed by atoms with Crippen LogP contribution in [0, 0.1) is 17.2 Å². The molecule has 2 aliphatic heterocycles. The molecule has 0 saturated carbocycles. The summed E-state index contributed by atoms with van der Waals surface area (Å²) < 4.78 is 19.0. The Labute approximate surface area is 211 Å². The van der Waals surface area contributed by atoms with Gasteiger partial charge in [-0.1, -0.05) is 90.4 Å². The maximum atomic E-state index is 9.55. The normalized spacial score (nSPS) is 25.8. The summed E-state index contributed by atoms with van der Waals surface area (Å²) in [5.74, 6) is 0.244. The molecule has 2 heterocycles. The van der Waals surface area contributed by atoms with E-state index in [4.69, 9.17) is 14.2 Å². The van der Waals surface area contributed by atoms with Crippen LogP contribution in [0.2, 0.25) is 0 Å². The van der Waals surface area contributed by atoms with Crippen molar-refractivity contribution in [3.05, 3.63) is 0 Å². The molecule has 0 aromatic rings. The summed E-state index contributed by atoms with van der Waals surface area (Å²) >= 11 is 0. The largest absolute Gasteiger partial charge is 0.379 e. The Morgan fingerprint density at radius 1 is 0.706 bits per heavy atom. The van der Waals surface area contributed by atoms with Crippen LogP contribution in [0.5, 0.6) is 0 Å². The van der Waals surface area contributed by atoms with Crippen LogP contribution in [-0.2, 0) is 14.2 Å². The first-order valence-electron chi connectivity index (χ1n) is 15.1. The molecular weight excluding hydrogens is 422 g/mol. The van der Waals surface area contributed by atoms with E-state index in [1.165, 1.54) is 89.9 Å². The van der Waals surface area contributed by atoms with Gasteiger partial charge >= 0.3 is 0 Å². The lowest BCUT2D eigenvalue weighted by Crippen LogP contribution is -2.31. The van der Waals surface area contributed by atoms with Crippen LogP contribution in [0.15, 0.2) is 0 Å². The van der Waals surface area contributed by atoms with Crippen molar-refractivity contribution >= 4 is 0 Å². The second-order valence-corrected chi connectivity index (χ2v) is 10.9. The van der Waals surface area contributed by atoms with Crippen molar-refractivity contribution in [2.75, 3.05) is 13.2 Å². The number of nitriles is 1. The van der Waals surface area contributed by atoms with E-state index >= 15 is 0 Å². The van der Waals surface area contributed by atoms with E-state index < -0.39 is 0 Å². The van der Waals surface area contributed by atoms with Crippen molar-refractivity contribution < 1.29 is 14.2 Å². The van der Waals surface area contributed by atoms with Crippen molar-refractivity contribution in [1.29, 1.82) is 5.26 Å². The summed E-state index contributed by atoms with van der Waals surface area (Å²) in [4.78, 5) is 0. The van der Waals surface area contributed by atoms with Gasteiger partial charge in [0.25, 0.3) is 0 Å². The molecule has 0 aliphatic carbocycles. The lowest BCUT2D eigenvalue weighted by Gasteiger charge is -2.28. The first kappa shape index (κ1) is 29.6. The Balaban J connectivity index is 1.67. The number of hydrogen-bond donors (Lipinski definition) is 0. The van der Waals surface area contributed by atoms with Crippen LogP contribution in [0.25, 0.3) is 0 Å². The van der Waals surface area contributed by atoms with Crippen LogP contribution in [0.4, 0.5) is 0 Å². The van der Waals surface area contributed by atoms with Crippen LogP contribution in [0.1, 0.15) is 148 Å². The summed E-state index contributed by atoms with van der Waals surface area (Å²) in [6.07, 6.45) is 27.1. The second-order valence-electron chi connectivity index (χ2n) is 10.9. The Hall–Kier alpha value is -0.630. The summed E-state index contributed by atoms with van der Waals surface area (Å²) in [6.45, 7) is 3.84. The van der Waals surface area contributed by atoms with Gasteiger partial charge in [-0.15, -0.1) is 0 Å². The van der Waals surface area contributed by atoms with E-state index in [1.807, 2.05) is 0 Å². The lowest BCUT2D eigenvalue weighted by atomic mass is 9.95. The van der Waals surface area contributed by atoms with Gasteiger partial charge in [0, 0.05) is 12.5 Å². The van der Waals surface area contributed by atoms with Gasteiger partial charge in [-0.3, -0.25) is 0 Å². The molecule has 0 radical (unpaired) electrons. The molecule has 2 rings (SSSR count). The van der Waals surface area contributed by atoms with E-state index in [0.29, 0.717) is 12.7 Å². The van der Waals surface area contributed by atoms with Gasteiger partial charge in [-0.05, 0) is 57.8 Å². The quantitative estimate of drug-likeness (QED) is 0.234. The fraction of sp³-hybridized carbons (Fsp3) is 0.967. The molecule has 4 unspecified atom stereocenters. The molecule has 0 N–H and O–H groups in total. The first-order valence-corrected chi connectivity index (χ1v) is 15.1. The minimum Gasteiger partial charge on any atom is -0.379 e. The number of nitrogens with zero attached hydrogens (tertiary/aromatic N) is 1. The van der Waals surface area contributed by atoms with E-state index in [9.17, 15) is 5.26 Å². The third-order valence-electron chi connectivity index (χ3n) is 7.69. The van der Waals surface area contributed by atoms with Crippen LogP contribution in [-0.4, -0.2) is 31.7 Å². The standard InChI is InChI=1S/C30H55NO3/c1-2-3-4-5-6-7-11-18-27(25-31)19-12-10-15-23-30-33-28-20-13-8-9-14-22-29(34-30)26-32-24-17-16-21-28/h27-30H,2-24,26H2,1H3. The second kappa shape index (κ2) is 20.6. The van der Waals surface area contributed by atoms with Crippen LogP contribution in [0.3, 0.4) is 0 Å². The molecule has 4 atom stereocenters. The van der Waals surface area contributed by atoms with Gasteiger partial charge in [-0.2, -0.15) is 5.26 Å². The van der Waals surface area contributed by atoms with Crippen molar-refractivity contribution in [2.45, 2.75) is 167 Å². The average molecular weight is 478 g/mol. The van der Waals surface area contributed by atoms with E-state index in [2.05, 4.69) is 13.0 Å². The topological polar surface area (TPSA) is 51.5 Å². The predicted molar refractivity (Wildman–Crippen MR) is 141 cm³/mol. The van der Waals surface area contributed by atoms with Crippen molar-refractivity contribution in [1.82, 2.24) is 0 Å². The van der Waals surface area contributed by atoms with Crippen LogP contribution >= 0.6 is 0 Å². The molecule has 0 aromatic carbocycles. The van der Waals surface area contributed by atoms with Gasteiger partial charge < -0.3 is 14.2 Å². The SMILES string of the molecule is CCCCCCCCCC(C#N)CCCCCC1OC2CCCCCCC(COCCCC2)O1. The third kappa shape index (κ3) is 14.7. The number of fused-ring (bicyclic) bond motifs is 4. The predicted octanol–water partition coefficient (Wildman–Crippen LogP) is 8.87. The monoisotopic (exact) mass is 477 g/mol. The fourth-order valence-corrected chi connectivity index (χ4v) is 5.46. The van der Waals surface area contributed by atoms with Gasteiger partial charge in [0.15, 0.2) is 6.29 Å². The molecule has 0 spiro atoms. The number of rotatable bonds is 14. The minimum atomic E-state index is -0.0886. The molecule has 2 saturated heterocycles. The summed E-state index contributed by atoms with van der Waals surface area (Å²) in [5.41, 5.74) is 0. The molecule has 198 valence electrons. The average Bonchev–Trinajstić information content (AvgIpc) is 2.92. The highest BCUT2D eigenvalue weighted by Gasteiger charge is 2.23. The Morgan fingerprint density at radius 3 is 2.00 bits per heavy atom. The van der Waals surface area contributed by atoms with Gasteiger partial charge in [0.05, 0.1) is 24.9 Å². The number of ether oxygens (including phenoxy) is 3. The first-order chi connectivity index (χ1) is 16.8. The lowest BCUT2D eigenvalue weighted by molar-refractivity contribution is -0.207. The zero-order valence-electron chi connectivity index (χ0n) is 22.5. The van der Waals surface area contributed by atoms with Crippen molar-refractivity contribution in [3.8, 4) is 6.07 Å². The molecule has 2 bridgehead atoms. The zero-order chi connectivity index (χ0) is 24.1. The molecule has 2 aliphatic rings. The van der Waals surface area contributed by atoms with Crippen LogP contribution < -0.4 is 0 Å². The smallest absolute Gasteiger partial charge is 0.158 e. The maximum absolute atomic E-state index is 9.55. The van der Waals surface area contributed by atoms with Crippen molar-refractivity contribution in [3.63, 3.8) is 0 Å². The van der Waals surface area contributed by atoms with E-state index in [1.54, 1.807) is 0 Å². The molecule has 0 aromatic heterocycles. The summed E-state index contributed by atoms with van der Waals surface area (Å²) in [5, 5.41) is 9.55. The molecule has 0 amide bonds. The van der Waals surface area contributed by atoms with Gasteiger partial charge in [0.2, 0.25) is 0 Å². The zero-order valence-corrected chi connectivity index (χ0v) is 22.5. The third-order valence-corrected chi connectivity index (χ3v) is 7.69. The Kier molecular flexibility index (Phi) is 17.9. The highest BCUT2D eigenvalue weighted by Crippen LogP contribution is 2.25. The maximum Gasteiger partial charge on any atom is 0.158 e. The molecule has 2 fully saturated rings. The van der Waals surface area contributed by atoms with Gasteiger partial charge in [-0.25, -0.2) is 0 Å². The number of hydrogen-bond acceptors (Lipinski definition) is 4. The summed E-state index contributed by atoms with van der Waals surface area (Å²) in [7, 11) is 0. The van der Waals surface area contributed by atoms with Gasteiger partial charge in [0.1, 0.15) is 0 Å². The molecule has 4 heteroatoms. The fourth-order valence-electron chi connectivity index (χ4n) is 5.46.